The third-order valence-electron chi connectivity index (χ3n) is 6.04. The van der Waals surface area contributed by atoms with Crippen molar-refractivity contribution in [1.82, 2.24) is 19.2 Å². The first-order valence-electron chi connectivity index (χ1n) is 10.8. The molecule has 0 N–H and O–H groups in total. The van der Waals surface area contributed by atoms with Gasteiger partial charge < -0.3 is 4.90 Å². The zero-order valence-corrected chi connectivity index (χ0v) is 18.4. The van der Waals surface area contributed by atoms with Crippen molar-refractivity contribution >= 4 is 15.9 Å². The number of rotatable bonds is 4. The Morgan fingerprint density at radius 3 is 2.39 bits per heavy atom. The summed E-state index contributed by atoms with van der Waals surface area (Å²) in [7, 11) is -3.82. The van der Waals surface area contributed by atoms with Gasteiger partial charge in [-0.05, 0) is 63.3 Å². The quantitative estimate of drug-likeness (QED) is 0.718. The summed E-state index contributed by atoms with van der Waals surface area (Å²) < 4.78 is 41.2. The number of hydrogen-bond donors (Lipinski definition) is 0. The van der Waals surface area contributed by atoms with Crippen LogP contribution in [0.4, 0.5) is 4.39 Å². The Kier molecular flexibility index (Phi) is 6.34. The Morgan fingerprint density at radius 2 is 1.71 bits per heavy atom. The van der Waals surface area contributed by atoms with E-state index in [-0.39, 0.29) is 10.8 Å². The van der Waals surface area contributed by atoms with Gasteiger partial charge in [0, 0.05) is 25.8 Å². The van der Waals surface area contributed by atoms with Crippen molar-refractivity contribution < 1.29 is 17.6 Å². The van der Waals surface area contributed by atoms with E-state index in [0.29, 0.717) is 30.0 Å². The SMILES string of the molecule is Cc1nc(C2CCCCN2S(=O)(=O)c2ccc(F)cc2)ncc1C(=O)N1CCCCC1. The molecular formula is C22H27FN4O3S. The highest BCUT2D eigenvalue weighted by atomic mass is 32.2. The molecule has 1 atom stereocenters. The molecule has 7 nitrogen and oxygen atoms in total. The van der Waals surface area contributed by atoms with E-state index >= 15 is 0 Å². The van der Waals surface area contributed by atoms with Crippen molar-refractivity contribution in [3.8, 4) is 0 Å². The first kappa shape index (κ1) is 21.8. The molecule has 4 rings (SSSR count). The molecule has 2 aliphatic heterocycles. The minimum absolute atomic E-state index is 0.0504. The van der Waals surface area contributed by atoms with Gasteiger partial charge in [0.1, 0.15) is 11.6 Å². The van der Waals surface area contributed by atoms with E-state index in [4.69, 9.17) is 0 Å². The number of amides is 1. The smallest absolute Gasteiger partial charge is 0.257 e. The molecule has 1 unspecified atom stereocenters. The van der Waals surface area contributed by atoms with Crippen molar-refractivity contribution in [3.63, 3.8) is 0 Å². The number of piperidine rings is 2. The number of carbonyl (C=O) groups excluding carboxylic acids is 1. The van der Waals surface area contributed by atoms with Gasteiger partial charge in [-0.1, -0.05) is 6.42 Å². The lowest BCUT2D eigenvalue weighted by molar-refractivity contribution is 0.0722. The van der Waals surface area contributed by atoms with Crippen LogP contribution in [0.3, 0.4) is 0 Å². The van der Waals surface area contributed by atoms with Crippen LogP contribution in [-0.2, 0) is 10.0 Å². The van der Waals surface area contributed by atoms with Gasteiger partial charge in [-0.3, -0.25) is 4.79 Å². The Bertz CT molecular complexity index is 1050. The zero-order valence-electron chi connectivity index (χ0n) is 17.6. The van der Waals surface area contributed by atoms with Crippen molar-refractivity contribution in [1.29, 1.82) is 0 Å². The molecule has 0 radical (unpaired) electrons. The Morgan fingerprint density at radius 1 is 1.03 bits per heavy atom. The van der Waals surface area contributed by atoms with E-state index < -0.39 is 21.9 Å². The summed E-state index contributed by atoms with van der Waals surface area (Å²) in [4.78, 5) is 23.7. The number of nitrogens with zero attached hydrogens (tertiary/aromatic N) is 4. The van der Waals surface area contributed by atoms with Crippen molar-refractivity contribution in [2.24, 2.45) is 0 Å². The summed E-state index contributed by atoms with van der Waals surface area (Å²) in [5.41, 5.74) is 1.03. The highest BCUT2D eigenvalue weighted by molar-refractivity contribution is 7.89. The van der Waals surface area contributed by atoms with Gasteiger partial charge in [0.2, 0.25) is 10.0 Å². The molecular weight excluding hydrogens is 419 g/mol. The second kappa shape index (κ2) is 9.00. The summed E-state index contributed by atoms with van der Waals surface area (Å²) in [6.07, 6.45) is 6.87. The Hall–Kier alpha value is -2.39. The van der Waals surface area contributed by atoms with Crippen molar-refractivity contribution in [3.05, 3.63) is 53.4 Å². The van der Waals surface area contributed by atoms with E-state index in [0.717, 1.165) is 57.3 Å². The molecule has 1 amide bonds. The van der Waals surface area contributed by atoms with Crippen LogP contribution in [0.1, 0.15) is 66.4 Å². The van der Waals surface area contributed by atoms with E-state index in [9.17, 15) is 17.6 Å². The van der Waals surface area contributed by atoms with Crippen LogP contribution in [0.2, 0.25) is 0 Å². The van der Waals surface area contributed by atoms with Crippen LogP contribution in [0.15, 0.2) is 35.4 Å². The average Bonchev–Trinajstić information content (AvgIpc) is 2.79. The molecule has 2 saturated heterocycles. The summed E-state index contributed by atoms with van der Waals surface area (Å²) in [6, 6.07) is 4.34. The molecule has 3 heterocycles. The topological polar surface area (TPSA) is 83.5 Å². The minimum atomic E-state index is -3.82. The highest BCUT2D eigenvalue weighted by Gasteiger charge is 2.36. The molecule has 2 aromatic rings. The monoisotopic (exact) mass is 446 g/mol. The fourth-order valence-electron chi connectivity index (χ4n) is 4.32. The second-order valence-electron chi connectivity index (χ2n) is 8.16. The van der Waals surface area contributed by atoms with E-state index in [1.807, 2.05) is 4.90 Å². The van der Waals surface area contributed by atoms with Gasteiger partial charge in [0.05, 0.1) is 22.2 Å². The third kappa shape index (κ3) is 4.48. The van der Waals surface area contributed by atoms with Crippen molar-refractivity contribution in [2.45, 2.75) is 56.4 Å². The highest BCUT2D eigenvalue weighted by Crippen LogP contribution is 2.34. The predicted octanol–water partition coefficient (Wildman–Crippen LogP) is 3.47. The summed E-state index contributed by atoms with van der Waals surface area (Å²) in [5, 5.41) is 0. The first-order valence-corrected chi connectivity index (χ1v) is 12.2. The lowest BCUT2D eigenvalue weighted by Crippen LogP contribution is -2.39. The molecule has 0 bridgehead atoms. The van der Waals surface area contributed by atoms with Crippen LogP contribution >= 0.6 is 0 Å². The molecule has 0 spiro atoms. The number of benzene rings is 1. The van der Waals surface area contributed by atoms with E-state index in [1.54, 1.807) is 6.92 Å². The van der Waals surface area contributed by atoms with Gasteiger partial charge in [0.15, 0.2) is 0 Å². The standard InChI is InChI=1S/C22H27FN4O3S/c1-16-19(22(28)26-12-4-2-5-13-26)15-24-21(25-16)20-7-3-6-14-27(20)31(29,30)18-10-8-17(23)9-11-18/h8-11,15,20H,2-7,12-14H2,1H3. The number of carbonyl (C=O) groups is 1. The first-order chi connectivity index (χ1) is 14.9. The van der Waals surface area contributed by atoms with Crippen molar-refractivity contribution in [2.75, 3.05) is 19.6 Å². The molecule has 2 aliphatic rings. The Labute approximate surface area is 182 Å². The maximum atomic E-state index is 13.3. The lowest BCUT2D eigenvalue weighted by Gasteiger charge is -2.34. The number of hydrogen-bond acceptors (Lipinski definition) is 5. The summed E-state index contributed by atoms with van der Waals surface area (Å²) in [5.74, 6) is -0.150. The molecule has 9 heteroatoms. The number of aromatic nitrogens is 2. The van der Waals surface area contributed by atoms with E-state index in [2.05, 4.69) is 9.97 Å². The largest absolute Gasteiger partial charge is 0.339 e. The second-order valence-corrected chi connectivity index (χ2v) is 10.1. The van der Waals surface area contributed by atoms with Crippen LogP contribution in [0.5, 0.6) is 0 Å². The van der Waals surface area contributed by atoms with Crippen LogP contribution in [0, 0.1) is 12.7 Å². The van der Waals surface area contributed by atoms with Gasteiger partial charge in [-0.2, -0.15) is 4.31 Å². The number of sulfonamides is 1. The average molecular weight is 447 g/mol. The number of aryl methyl sites for hydroxylation is 1. The summed E-state index contributed by atoms with van der Waals surface area (Å²) in [6.45, 7) is 3.60. The molecule has 1 aromatic heterocycles. The molecule has 0 saturated carbocycles. The molecule has 1 aromatic carbocycles. The maximum absolute atomic E-state index is 13.3. The maximum Gasteiger partial charge on any atom is 0.257 e. The van der Waals surface area contributed by atoms with Crippen LogP contribution in [0.25, 0.3) is 0 Å². The molecule has 166 valence electrons. The van der Waals surface area contributed by atoms with E-state index in [1.165, 1.54) is 22.6 Å². The van der Waals surface area contributed by atoms with Crippen LogP contribution < -0.4 is 0 Å². The lowest BCUT2D eigenvalue weighted by atomic mass is 10.0. The molecule has 31 heavy (non-hydrogen) atoms. The minimum Gasteiger partial charge on any atom is -0.339 e. The van der Waals surface area contributed by atoms with Gasteiger partial charge >= 0.3 is 0 Å². The zero-order chi connectivity index (χ0) is 22.0. The Balaban J connectivity index is 1.61. The third-order valence-corrected chi connectivity index (χ3v) is 7.97. The van der Waals surface area contributed by atoms with Crippen LogP contribution in [-0.4, -0.2) is 53.1 Å². The van der Waals surface area contributed by atoms with Gasteiger partial charge in [-0.15, -0.1) is 0 Å². The fourth-order valence-corrected chi connectivity index (χ4v) is 5.97. The van der Waals surface area contributed by atoms with Gasteiger partial charge in [-0.25, -0.2) is 22.8 Å². The normalized spacial score (nSPS) is 20.6. The number of halogens is 1. The predicted molar refractivity (Wildman–Crippen MR) is 113 cm³/mol. The molecule has 2 fully saturated rings. The summed E-state index contributed by atoms with van der Waals surface area (Å²) >= 11 is 0. The van der Waals surface area contributed by atoms with Gasteiger partial charge in [0.25, 0.3) is 5.91 Å². The fraction of sp³-hybridized carbons (Fsp3) is 0.500. The number of likely N-dealkylation sites (tertiary alicyclic amines) is 1. The molecule has 0 aliphatic carbocycles.